The fraction of sp³-hybridized carbons (Fsp3) is 0.219. The van der Waals surface area contributed by atoms with Crippen molar-refractivity contribution in [2.75, 3.05) is 46.0 Å². The van der Waals surface area contributed by atoms with Gasteiger partial charge >= 0.3 is 0 Å². The van der Waals surface area contributed by atoms with Gasteiger partial charge in [0.15, 0.2) is 17.3 Å². The van der Waals surface area contributed by atoms with Gasteiger partial charge in [0.2, 0.25) is 0 Å². The van der Waals surface area contributed by atoms with Gasteiger partial charge in [-0.05, 0) is 37.3 Å². The Hall–Kier alpha value is -5.33. The quantitative estimate of drug-likeness (QED) is 0.180. The minimum absolute atomic E-state index is 0.369. The van der Waals surface area contributed by atoms with E-state index in [1.54, 1.807) is 18.9 Å². The van der Waals surface area contributed by atoms with Crippen molar-refractivity contribution in [1.29, 1.82) is 0 Å². The monoisotopic (exact) mass is 592 g/mol. The van der Waals surface area contributed by atoms with Gasteiger partial charge in [0.05, 0.1) is 36.3 Å². The van der Waals surface area contributed by atoms with Crippen LogP contribution in [0.3, 0.4) is 0 Å². The van der Waals surface area contributed by atoms with Crippen molar-refractivity contribution >= 4 is 22.4 Å². The maximum absolute atomic E-state index is 5.98. The summed E-state index contributed by atoms with van der Waals surface area (Å²) in [5.74, 6) is 2.56. The van der Waals surface area contributed by atoms with E-state index in [4.69, 9.17) is 18.9 Å². The highest BCUT2D eigenvalue weighted by Crippen LogP contribution is 2.35. The number of nitrogens with zero attached hydrogens (tertiary/aromatic N) is 7. The van der Waals surface area contributed by atoms with Gasteiger partial charge in [-0.15, -0.1) is 5.10 Å². The number of anilines is 2. The lowest BCUT2D eigenvalue weighted by molar-refractivity contribution is 0.132. The van der Waals surface area contributed by atoms with Gasteiger partial charge in [0.25, 0.3) is 0 Å². The maximum atomic E-state index is 5.98. The number of hydrogen-bond donors (Lipinski definition) is 1. The summed E-state index contributed by atoms with van der Waals surface area (Å²) in [7, 11) is 3.26. The number of hydrogen-bond acceptors (Lipinski definition) is 10. The van der Waals surface area contributed by atoms with Crippen molar-refractivity contribution in [3.8, 4) is 34.3 Å². The molecule has 3 aromatic heterocycles. The molecule has 0 fully saturated rings. The topological polar surface area (TPSA) is 123 Å². The molecule has 3 heterocycles. The second-order valence-corrected chi connectivity index (χ2v) is 9.87. The average Bonchev–Trinajstić information content (AvgIpc) is 3.69. The number of benzene rings is 3. The molecule has 44 heavy (non-hydrogen) atoms. The highest BCUT2D eigenvalue weighted by molar-refractivity contribution is 5.93. The van der Waals surface area contributed by atoms with E-state index in [0.717, 1.165) is 33.8 Å². The number of para-hydroxylation sites is 1. The summed E-state index contributed by atoms with van der Waals surface area (Å²) in [5.41, 5.74) is 4.95. The summed E-state index contributed by atoms with van der Waals surface area (Å²) in [6, 6.07) is 23.6. The minimum atomic E-state index is 0.369. The van der Waals surface area contributed by atoms with Crippen molar-refractivity contribution in [3.63, 3.8) is 0 Å². The zero-order valence-corrected chi connectivity index (χ0v) is 24.7. The molecule has 0 radical (unpaired) electrons. The minimum Gasteiger partial charge on any atom is -0.487 e. The lowest BCUT2D eigenvalue weighted by Gasteiger charge is -2.15. The highest BCUT2D eigenvalue weighted by atomic mass is 16.5. The number of aryl methyl sites for hydroxylation is 1. The molecule has 12 nitrogen and oxygen atoms in total. The van der Waals surface area contributed by atoms with Crippen LogP contribution in [0.5, 0.6) is 11.5 Å². The molecule has 0 saturated carbocycles. The fourth-order valence-electron chi connectivity index (χ4n) is 4.67. The molecule has 0 aliphatic heterocycles. The normalized spacial score (nSPS) is 11.2. The third-order valence-corrected chi connectivity index (χ3v) is 6.75. The molecule has 0 unspecified atom stereocenters. The van der Waals surface area contributed by atoms with Crippen molar-refractivity contribution in [3.05, 3.63) is 91.0 Å². The average molecular weight is 593 g/mol. The van der Waals surface area contributed by atoms with E-state index in [9.17, 15) is 0 Å². The van der Waals surface area contributed by atoms with Crippen LogP contribution in [0.25, 0.3) is 33.7 Å². The van der Waals surface area contributed by atoms with Gasteiger partial charge < -0.3 is 24.3 Å². The molecule has 0 aliphatic carbocycles. The van der Waals surface area contributed by atoms with Crippen LogP contribution in [0.2, 0.25) is 0 Å². The Kier molecular flexibility index (Phi) is 8.71. The summed E-state index contributed by atoms with van der Waals surface area (Å²) in [5, 5.41) is 17.7. The number of methoxy groups -OCH3 is 2. The molecular formula is C32H32N8O4. The molecule has 0 aliphatic rings. The van der Waals surface area contributed by atoms with Crippen molar-refractivity contribution in [2.24, 2.45) is 0 Å². The maximum Gasteiger partial charge on any atom is 0.163 e. The number of aromatic nitrogens is 7. The van der Waals surface area contributed by atoms with Gasteiger partial charge in [0, 0.05) is 43.0 Å². The number of nitrogens with one attached hydrogen (secondary N) is 1. The van der Waals surface area contributed by atoms with E-state index in [0.29, 0.717) is 55.0 Å². The lowest BCUT2D eigenvalue weighted by atomic mass is 10.1. The molecule has 0 saturated heterocycles. The van der Waals surface area contributed by atoms with Gasteiger partial charge in [-0.25, -0.2) is 19.3 Å². The van der Waals surface area contributed by atoms with Gasteiger partial charge in [-0.1, -0.05) is 35.5 Å². The van der Waals surface area contributed by atoms with Crippen LogP contribution < -0.4 is 14.8 Å². The van der Waals surface area contributed by atoms with Crippen molar-refractivity contribution in [2.45, 2.75) is 6.92 Å². The van der Waals surface area contributed by atoms with Gasteiger partial charge in [0.1, 0.15) is 31.1 Å². The SMILES string of the molecule is COCCOc1cc2ncnc(Nc3cccc(-c4cn(-c5cc(C)nn5-c5ccccc5)nn4)c3)c2cc1OCCOC. The predicted molar refractivity (Wildman–Crippen MR) is 166 cm³/mol. The summed E-state index contributed by atoms with van der Waals surface area (Å²) in [6.45, 7) is 3.60. The first-order chi connectivity index (χ1) is 21.6. The van der Waals surface area contributed by atoms with Crippen LogP contribution >= 0.6 is 0 Å². The molecule has 0 bridgehead atoms. The molecule has 12 heteroatoms. The molecule has 6 aromatic rings. The van der Waals surface area contributed by atoms with Gasteiger partial charge in [-0.3, -0.25) is 0 Å². The van der Waals surface area contributed by atoms with Crippen LogP contribution in [0.15, 0.2) is 85.3 Å². The first-order valence-corrected chi connectivity index (χ1v) is 14.1. The van der Waals surface area contributed by atoms with E-state index in [1.165, 1.54) is 6.33 Å². The number of fused-ring (bicyclic) bond motifs is 1. The number of ether oxygens (including phenoxy) is 4. The molecule has 0 spiro atoms. The van der Waals surface area contributed by atoms with Crippen molar-refractivity contribution < 1.29 is 18.9 Å². The van der Waals surface area contributed by atoms with Crippen LogP contribution in [-0.2, 0) is 9.47 Å². The van der Waals surface area contributed by atoms with E-state index in [-0.39, 0.29) is 0 Å². The molecule has 3 aromatic carbocycles. The molecule has 0 amide bonds. The summed E-state index contributed by atoms with van der Waals surface area (Å²) >= 11 is 0. The lowest BCUT2D eigenvalue weighted by Crippen LogP contribution is -2.09. The number of rotatable bonds is 13. The summed E-state index contributed by atoms with van der Waals surface area (Å²) in [6.07, 6.45) is 3.41. The molecule has 6 rings (SSSR count). The van der Waals surface area contributed by atoms with E-state index in [1.807, 2.05) is 90.6 Å². The van der Waals surface area contributed by atoms with E-state index < -0.39 is 0 Å². The van der Waals surface area contributed by atoms with E-state index in [2.05, 4.69) is 30.7 Å². The smallest absolute Gasteiger partial charge is 0.163 e. The second-order valence-electron chi connectivity index (χ2n) is 9.87. The van der Waals surface area contributed by atoms with Crippen LogP contribution in [0.1, 0.15) is 5.69 Å². The first kappa shape index (κ1) is 28.8. The first-order valence-electron chi connectivity index (χ1n) is 14.1. The zero-order valence-electron chi connectivity index (χ0n) is 24.7. The Labute approximate surface area is 254 Å². The third kappa shape index (κ3) is 6.36. The van der Waals surface area contributed by atoms with Gasteiger partial charge in [-0.2, -0.15) is 5.10 Å². The summed E-state index contributed by atoms with van der Waals surface area (Å²) in [4.78, 5) is 8.99. The molecule has 0 atom stereocenters. The largest absolute Gasteiger partial charge is 0.487 e. The predicted octanol–water partition coefficient (Wildman–Crippen LogP) is 5.17. The van der Waals surface area contributed by atoms with Crippen LogP contribution in [0.4, 0.5) is 11.5 Å². The Bertz CT molecular complexity index is 1850. The standard InChI is InChI=1S/C32H32N8O4/c1-22-16-31(40(37-22)25-10-5-4-6-11-25)39-20-28(36-38-39)23-8-7-9-24(17-23)35-32-26-18-29(43-14-12-41-2)30(44-15-13-42-3)19-27(26)33-21-34-32/h4-11,16-21H,12-15H2,1-3H3,(H,33,34,35). The zero-order chi connectivity index (χ0) is 30.3. The Morgan fingerprint density at radius 1 is 0.795 bits per heavy atom. The van der Waals surface area contributed by atoms with Crippen LogP contribution in [0, 0.1) is 6.92 Å². The molecular weight excluding hydrogens is 560 g/mol. The third-order valence-electron chi connectivity index (χ3n) is 6.75. The molecule has 1 N–H and O–H groups in total. The highest BCUT2D eigenvalue weighted by Gasteiger charge is 2.15. The second kappa shape index (κ2) is 13.3. The molecule has 224 valence electrons. The summed E-state index contributed by atoms with van der Waals surface area (Å²) < 4.78 is 25.8. The Balaban J connectivity index is 1.28. The van der Waals surface area contributed by atoms with E-state index >= 15 is 0 Å². The Morgan fingerprint density at radius 2 is 1.57 bits per heavy atom. The Morgan fingerprint density at radius 3 is 2.34 bits per heavy atom. The van der Waals surface area contributed by atoms with Crippen molar-refractivity contribution in [1.82, 2.24) is 34.7 Å². The fourth-order valence-corrected chi connectivity index (χ4v) is 4.67. The van der Waals surface area contributed by atoms with Crippen LogP contribution in [-0.4, -0.2) is 75.4 Å².